The Morgan fingerprint density at radius 2 is 2.20 bits per heavy atom. The summed E-state index contributed by atoms with van der Waals surface area (Å²) in [4.78, 5) is 1.32. The van der Waals surface area contributed by atoms with Crippen molar-refractivity contribution in [3.05, 3.63) is 20.8 Å². The zero-order valence-corrected chi connectivity index (χ0v) is 11.6. The second-order valence-corrected chi connectivity index (χ2v) is 6.57. The number of thiophene rings is 1. The van der Waals surface area contributed by atoms with E-state index in [0.29, 0.717) is 11.8 Å². The summed E-state index contributed by atoms with van der Waals surface area (Å²) in [5.41, 5.74) is 0. The smallest absolute Gasteiger partial charge is 0.0701 e. The molecule has 0 saturated carbocycles. The van der Waals surface area contributed by atoms with E-state index in [1.165, 1.54) is 8.66 Å². The fourth-order valence-corrected chi connectivity index (χ4v) is 2.79. The Morgan fingerprint density at radius 3 is 2.67 bits per heavy atom. The summed E-state index contributed by atoms with van der Waals surface area (Å²) in [7, 11) is 0. The Hall–Kier alpha value is 0.1000. The third-order valence-corrected chi connectivity index (χ3v) is 4.14. The SMILES string of the molecule is CC(C)C(CO)CNCc1ccc(Br)s1. The van der Waals surface area contributed by atoms with Gasteiger partial charge < -0.3 is 10.4 Å². The first-order valence-corrected chi connectivity index (χ1v) is 6.80. The highest BCUT2D eigenvalue weighted by atomic mass is 79.9. The number of rotatable bonds is 6. The maximum atomic E-state index is 9.15. The Labute approximate surface area is 104 Å². The van der Waals surface area contributed by atoms with Crippen LogP contribution < -0.4 is 5.32 Å². The summed E-state index contributed by atoms with van der Waals surface area (Å²) in [6, 6.07) is 4.18. The van der Waals surface area contributed by atoms with Crippen LogP contribution in [-0.4, -0.2) is 18.3 Å². The molecule has 1 heterocycles. The number of hydrogen-bond acceptors (Lipinski definition) is 3. The predicted molar refractivity (Wildman–Crippen MR) is 69.1 cm³/mol. The summed E-state index contributed by atoms with van der Waals surface area (Å²) >= 11 is 5.19. The van der Waals surface area contributed by atoms with Gasteiger partial charge in [-0.2, -0.15) is 0 Å². The van der Waals surface area contributed by atoms with Gasteiger partial charge in [0.25, 0.3) is 0 Å². The molecule has 0 saturated heterocycles. The van der Waals surface area contributed by atoms with Gasteiger partial charge in [-0.25, -0.2) is 0 Å². The lowest BCUT2D eigenvalue weighted by Crippen LogP contribution is -2.28. The van der Waals surface area contributed by atoms with Gasteiger partial charge in [-0.15, -0.1) is 11.3 Å². The predicted octanol–water partition coefficient (Wildman–Crippen LogP) is 2.86. The molecule has 0 spiro atoms. The second kappa shape index (κ2) is 6.63. The van der Waals surface area contributed by atoms with E-state index in [4.69, 9.17) is 5.11 Å². The van der Waals surface area contributed by atoms with Crippen molar-refractivity contribution < 1.29 is 5.11 Å². The lowest BCUT2D eigenvalue weighted by molar-refractivity contribution is 0.186. The van der Waals surface area contributed by atoms with Gasteiger partial charge in [0.2, 0.25) is 0 Å². The van der Waals surface area contributed by atoms with E-state index in [0.717, 1.165) is 13.1 Å². The standard InChI is InChI=1S/C11H18BrNOS/c1-8(2)9(7-14)5-13-6-10-3-4-11(12)15-10/h3-4,8-9,13-14H,5-7H2,1-2H3. The van der Waals surface area contributed by atoms with Crippen molar-refractivity contribution >= 4 is 27.3 Å². The number of nitrogens with one attached hydrogen (secondary N) is 1. The lowest BCUT2D eigenvalue weighted by Gasteiger charge is -2.18. The van der Waals surface area contributed by atoms with Crippen LogP contribution >= 0.6 is 27.3 Å². The summed E-state index contributed by atoms with van der Waals surface area (Å²) < 4.78 is 1.17. The first-order valence-electron chi connectivity index (χ1n) is 5.19. The maximum Gasteiger partial charge on any atom is 0.0701 e. The van der Waals surface area contributed by atoms with Gasteiger partial charge in [0, 0.05) is 24.6 Å². The third-order valence-electron chi connectivity index (χ3n) is 2.51. The van der Waals surface area contributed by atoms with Crippen molar-refractivity contribution in [1.29, 1.82) is 0 Å². The zero-order chi connectivity index (χ0) is 11.3. The van der Waals surface area contributed by atoms with Crippen molar-refractivity contribution in [3.8, 4) is 0 Å². The van der Waals surface area contributed by atoms with Gasteiger partial charge in [-0.3, -0.25) is 0 Å². The number of halogens is 1. The molecule has 0 aromatic carbocycles. The van der Waals surface area contributed by atoms with E-state index in [9.17, 15) is 0 Å². The molecule has 2 nitrogen and oxygen atoms in total. The van der Waals surface area contributed by atoms with Crippen molar-refractivity contribution in [2.45, 2.75) is 20.4 Å². The fraction of sp³-hybridized carbons (Fsp3) is 0.636. The first-order chi connectivity index (χ1) is 7.13. The molecule has 0 aliphatic rings. The van der Waals surface area contributed by atoms with E-state index in [2.05, 4.69) is 47.2 Å². The molecule has 86 valence electrons. The molecule has 15 heavy (non-hydrogen) atoms. The van der Waals surface area contributed by atoms with E-state index in [1.807, 2.05) is 0 Å². The van der Waals surface area contributed by atoms with Crippen LogP contribution in [-0.2, 0) is 6.54 Å². The quantitative estimate of drug-likeness (QED) is 0.845. The molecule has 0 aliphatic heterocycles. The van der Waals surface area contributed by atoms with E-state index in [1.54, 1.807) is 11.3 Å². The highest BCUT2D eigenvalue weighted by molar-refractivity contribution is 9.11. The van der Waals surface area contributed by atoms with E-state index in [-0.39, 0.29) is 6.61 Å². The third kappa shape index (κ3) is 4.64. The molecule has 1 aromatic heterocycles. The Morgan fingerprint density at radius 1 is 1.47 bits per heavy atom. The molecule has 0 amide bonds. The molecule has 1 rings (SSSR count). The normalized spacial score (nSPS) is 13.4. The van der Waals surface area contributed by atoms with Crippen LogP contribution in [0.4, 0.5) is 0 Å². The summed E-state index contributed by atoms with van der Waals surface area (Å²) in [6.45, 7) is 6.32. The monoisotopic (exact) mass is 291 g/mol. The lowest BCUT2D eigenvalue weighted by atomic mass is 9.97. The summed E-state index contributed by atoms with van der Waals surface area (Å²) in [5, 5.41) is 12.5. The molecule has 4 heteroatoms. The van der Waals surface area contributed by atoms with Gasteiger partial charge in [-0.1, -0.05) is 13.8 Å². The van der Waals surface area contributed by atoms with Crippen molar-refractivity contribution in [2.24, 2.45) is 11.8 Å². The first kappa shape index (κ1) is 13.2. The number of aliphatic hydroxyl groups excluding tert-OH is 1. The molecule has 0 bridgehead atoms. The van der Waals surface area contributed by atoms with E-state index < -0.39 is 0 Å². The molecular weight excluding hydrogens is 274 g/mol. The second-order valence-electron chi connectivity index (χ2n) is 4.02. The molecule has 2 N–H and O–H groups in total. The van der Waals surface area contributed by atoms with Gasteiger partial charge in [0.05, 0.1) is 3.79 Å². The largest absolute Gasteiger partial charge is 0.396 e. The van der Waals surface area contributed by atoms with E-state index >= 15 is 0 Å². The molecule has 1 unspecified atom stereocenters. The summed E-state index contributed by atoms with van der Waals surface area (Å²) in [5.74, 6) is 0.881. The minimum atomic E-state index is 0.263. The molecule has 0 fully saturated rings. The average molecular weight is 292 g/mol. The van der Waals surface area contributed by atoms with Crippen LogP contribution in [0.3, 0.4) is 0 Å². The molecule has 1 aromatic rings. The summed E-state index contributed by atoms with van der Waals surface area (Å²) in [6.07, 6.45) is 0. The number of aliphatic hydroxyl groups is 1. The average Bonchev–Trinajstić information content (AvgIpc) is 2.58. The van der Waals surface area contributed by atoms with Gasteiger partial charge >= 0.3 is 0 Å². The van der Waals surface area contributed by atoms with Gasteiger partial charge in [0.15, 0.2) is 0 Å². The Balaban J connectivity index is 2.26. The fourth-order valence-electron chi connectivity index (χ4n) is 1.34. The minimum Gasteiger partial charge on any atom is -0.396 e. The van der Waals surface area contributed by atoms with Crippen molar-refractivity contribution in [3.63, 3.8) is 0 Å². The zero-order valence-electron chi connectivity index (χ0n) is 9.16. The van der Waals surface area contributed by atoms with Crippen LogP contribution in [0.5, 0.6) is 0 Å². The minimum absolute atomic E-state index is 0.263. The Kier molecular flexibility index (Phi) is 5.82. The van der Waals surface area contributed by atoms with Crippen LogP contribution in [0.1, 0.15) is 18.7 Å². The van der Waals surface area contributed by atoms with Crippen molar-refractivity contribution in [2.75, 3.05) is 13.2 Å². The van der Waals surface area contributed by atoms with Gasteiger partial charge in [0.1, 0.15) is 0 Å². The highest BCUT2D eigenvalue weighted by Gasteiger charge is 2.11. The maximum absolute atomic E-state index is 9.15. The molecule has 0 aliphatic carbocycles. The van der Waals surface area contributed by atoms with Crippen LogP contribution in [0.25, 0.3) is 0 Å². The Bertz CT molecular complexity index is 288. The van der Waals surface area contributed by atoms with Crippen molar-refractivity contribution in [1.82, 2.24) is 5.32 Å². The van der Waals surface area contributed by atoms with Crippen LogP contribution in [0.2, 0.25) is 0 Å². The molecule has 0 radical (unpaired) electrons. The molecular formula is C11H18BrNOS. The van der Waals surface area contributed by atoms with Crippen LogP contribution in [0, 0.1) is 11.8 Å². The van der Waals surface area contributed by atoms with Gasteiger partial charge in [-0.05, 0) is 39.9 Å². The topological polar surface area (TPSA) is 32.3 Å². The number of hydrogen-bond donors (Lipinski definition) is 2. The molecule has 1 atom stereocenters. The highest BCUT2D eigenvalue weighted by Crippen LogP contribution is 2.21. The van der Waals surface area contributed by atoms with Crippen LogP contribution in [0.15, 0.2) is 15.9 Å².